The SMILES string of the molecule is CC(C)CCC(=O)NCC1(CC(C)C)COC1. The van der Waals surface area contributed by atoms with Crippen molar-refractivity contribution in [1.82, 2.24) is 5.32 Å². The molecule has 1 saturated heterocycles. The topological polar surface area (TPSA) is 38.3 Å². The summed E-state index contributed by atoms with van der Waals surface area (Å²) in [5.41, 5.74) is 0.210. The molecule has 1 N–H and O–H groups in total. The van der Waals surface area contributed by atoms with Crippen molar-refractivity contribution in [2.75, 3.05) is 19.8 Å². The number of nitrogens with one attached hydrogen (secondary N) is 1. The van der Waals surface area contributed by atoms with E-state index in [1.165, 1.54) is 0 Å². The van der Waals surface area contributed by atoms with Gasteiger partial charge in [0.2, 0.25) is 5.91 Å². The molecule has 1 aliphatic rings. The first-order chi connectivity index (χ1) is 7.93. The largest absolute Gasteiger partial charge is 0.380 e. The van der Waals surface area contributed by atoms with Crippen LogP contribution in [0.3, 0.4) is 0 Å². The lowest BCUT2D eigenvalue weighted by atomic mass is 9.78. The Hall–Kier alpha value is -0.570. The smallest absolute Gasteiger partial charge is 0.220 e. The van der Waals surface area contributed by atoms with Crippen molar-refractivity contribution in [3.05, 3.63) is 0 Å². The quantitative estimate of drug-likeness (QED) is 0.744. The Morgan fingerprint density at radius 3 is 2.29 bits per heavy atom. The molecule has 0 saturated carbocycles. The molecule has 1 fully saturated rings. The number of amides is 1. The van der Waals surface area contributed by atoms with Crippen LogP contribution in [0.5, 0.6) is 0 Å². The minimum absolute atomic E-state index is 0.189. The summed E-state index contributed by atoms with van der Waals surface area (Å²) >= 11 is 0. The highest BCUT2D eigenvalue weighted by Gasteiger charge is 2.39. The molecule has 0 unspecified atom stereocenters. The van der Waals surface area contributed by atoms with E-state index < -0.39 is 0 Å². The average Bonchev–Trinajstić information content (AvgIpc) is 2.18. The number of carbonyl (C=O) groups is 1. The van der Waals surface area contributed by atoms with E-state index in [9.17, 15) is 4.79 Å². The van der Waals surface area contributed by atoms with Crippen LogP contribution < -0.4 is 5.32 Å². The Labute approximate surface area is 105 Å². The van der Waals surface area contributed by atoms with Gasteiger partial charge in [0, 0.05) is 18.4 Å². The number of hydrogen-bond acceptors (Lipinski definition) is 2. The van der Waals surface area contributed by atoms with Crippen LogP contribution >= 0.6 is 0 Å². The van der Waals surface area contributed by atoms with Gasteiger partial charge < -0.3 is 10.1 Å². The van der Waals surface area contributed by atoms with E-state index in [1.54, 1.807) is 0 Å². The zero-order valence-electron chi connectivity index (χ0n) is 11.7. The van der Waals surface area contributed by atoms with Crippen molar-refractivity contribution in [2.24, 2.45) is 17.3 Å². The van der Waals surface area contributed by atoms with Gasteiger partial charge in [0.25, 0.3) is 0 Å². The molecule has 0 aliphatic carbocycles. The van der Waals surface area contributed by atoms with Crippen molar-refractivity contribution in [1.29, 1.82) is 0 Å². The van der Waals surface area contributed by atoms with Gasteiger partial charge in [0.1, 0.15) is 0 Å². The molecule has 1 rings (SSSR count). The zero-order valence-corrected chi connectivity index (χ0v) is 11.7. The number of carbonyl (C=O) groups excluding carboxylic acids is 1. The molecule has 1 amide bonds. The van der Waals surface area contributed by atoms with Crippen molar-refractivity contribution >= 4 is 5.91 Å². The normalized spacial score (nSPS) is 18.2. The summed E-state index contributed by atoms with van der Waals surface area (Å²) in [6.07, 6.45) is 2.76. The fourth-order valence-corrected chi connectivity index (χ4v) is 2.34. The van der Waals surface area contributed by atoms with Gasteiger partial charge in [-0.3, -0.25) is 4.79 Å². The maximum atomic E-state index is 11.7. The van der Waals surface area contributed by atoms with Crippen LogP contribution in [-0.2, 0) is 9.53 Å². The molecule has 0 aromatic carbocycles. The second-order valence-electron chi connectivity index (χ2n) is 6.30. The summed E-state index contributed by atoms with van der Waals surface area (Å²) in [6.45, 7) is 11.1. The van der Waals surface area contributed by atoms with Crippen LogP contribution in [0.25, 0.3) is 0 Å². The monoisotopic (exact) mass is 241 g/mol. The zero-order chi connectivity index (χ0) is 12.9. The first kappa shape index (κ1) is 14.5. The summed E-state index contributed by atoms with van der Waals surface area (Å²) in [5.74, 6) is 1.44. The van der Waals surface area contributed by atoms with E-state index in [1.807, 2.05) is 0 Å². The van der Waals surface area contributed by atoms with Crippen LogP contribution in [-0.4, -0.2) is 25.7 Å². The van der Waals surface area contributed by atoms with Gasteiger partial charge in [0.05, 0.1) is 13.2 Å². The Morgan fingerprint density at radius 2 is 1.88 bits per heavy atom. The molecule has 0 spiro atoms. The molecule has 0 aromatic rings. The van der Waals surface area contributed by atoms with Crippen LogP contribution in [0, 0.1) is 17.3 Å². The van der Waals surface area contributed by atoms with Gasteiger partial charge in [-0.2, -0.15) is 0 Å². The molecule has 0 atom stereocenters. The van der Waals surface area contributed by atoms with Crippen molar-refractivity contribution in [2.45, 2.75) is 47.0 Å². The molecule has 3 heteroatoms. The third kappa shape index (κ3) is 5.07. The van der Waals surface area contributed by atoms with Gasteiger partial charge >= 0.3 is 0 Å². The number of ether oxygens (including phenoxy) is 1. The molecular weight excluding hydrogens is 214 g/mol. The number of rotatable bonds is 7. The lowest BCUT2D eigenvalue weighted by Crippen LogP contribution is -2.51. The van der Waals surface area contributed by atoms with Crippen LogP contribution in [0.4, 0.5) is 0 Å². The van der Waals surface area contributed by atoms with Crippen LogP contribution in [0.15, 0.2) is 0 Å². The summed E-state index contributed by atoms with van der Waals surface area (Å²) < 4.78 is 5.32. The van der Waals surface area contributed by atoms with Gasteiger partial charge in [-0.25, -0.2) is 0 Å². The molecular formula is C14H27NO2. The fourth-order valence-electron chi connectivity index (χ4n) is 2.34. The summed E-state index contributed by atoms with van der Waals surface area (Å²) in [4.78, 5) is 11.7. The summed E-state index contributed by atoms with van der Waals surface area (Å²) in [7, 11) is 0. The molecule has 1 aliphatic heterocycles. The first-order valence-corrected chi connectivity index (χ1v) is 6.78. The summed E-state index contributed by atoms with van der Waals surface area (Å²) in [6, 6.07) is 0. The maximum absolute atomic E-state index is 11.7. The molecule has 1 heterocycles. The predicted octanol–water partition coefficient (Wildman–Crippen LogP) is 2.60. The molecule has 100 valence electrons. The first-order valence-electron chi connectivity index (χ1n) is 6.78. The maximum Gasteiger partial charge on any atom is 0.220 e. The van der Waals surface area contributed by atoms with E-state index in [0.717, 1.165) is 32.6 Å². The third-order valence-corrected chi connectivity index (χ3v) is 3.27. The molecule has 3 nitrogen and oxygen atoms in total. The third-order valence-electron chi connectivity index (χ3n) is 3.27. The van der Waals surface area contributed by atoms with E-state index in [-0.39, 0.29) is 11.3 Å². The fraction of sp³-hybridized carbons (Fsp3) is 0.929. The Balaban J connectivity index is 2.25. The highest BCUT2D eigenvalue weighted by molar-refractivity contribution is 5.75. The summed E-state index contributed by atoms with van der Waals surface area (Å²) in [5, 5.41) is 3.07. The highest BCUT2D eigenvalue weighted by Crippen LogP contribution is 2.33. The second kappa shape index (κ2) is 6.39. The van der Waals surface area contributed by atoms with Crippen LogP contribution in [0.2, 0.25) is 0 Å². The van der Waals surface area contributed by atoms with E-state index in [2.05, 4.69) is 33.0 Å². The lowest BCUT2D eigenvalue weighted by molar-refractivity contribution is -0.133. The molecule has 0 radical (unpaired) electrons. The van der Waals surface area contributed by atoms with Crippen LogP contribution in [0.1, 0.15) is 47.0 Å². The van der Waals surface area contributed by atoms with E-state index >= 15 is 0 Å². The van der Waals surface area contributed by atoms with Gasteiger partial charge in [0.15, 0.2) is 0 Å². The standard InChI is InChI=1S/C14H27NO2/c1-11(2)5-6-13(16)15-8-14(7-12(3)4)9-17-10-14/h11-12H,5-10H2,1-4H3,(H,15,16). The molecule has 0 bridgehead atoms. The Bertz CT molecular complexity index is 245. The van der Waals surface area contributed by atoms with Gasteiger partial charge in [-0.15, -0.1) is 0 Å². The van der Waals surface area contributed by atoms with Crippen molar-refractivity contribution in [3.63, 3.8) is 0 Å². The van der Waals surface area contributed by atoms with E-state index in [0.29, 0.717) is 18.3 Å². The van der Waals surface area contributed by atoms with Gasteiger partial charge in [-0.1, -0.05) is 27.7 Å². The van der Waals surface area contributed by atoms with Gasteiger partial charge in [-0.05, 0) is 24.7 Å². The van der Waals surface area contributed by atoms with Crippen molar-refractivity contribution < 1.29 is 9.53 Å². The molecule has 17 heavy (non-hydrogen) atoms. The predicted molar refractivity (Wildman–Crippen MR) is 69.8 cm³/mol. The lowest BCUT2D eigenvalue weighted by Gasteiger charge is -2.42. The minimum Gasteiger partial charge on any atom is -0.380 e. The second-order valence-corrected chi connectivity index (χ2v) is 6.30. The molecule has 0 aromatic heterocycles. The van der Waals surface area contributed by atoms with E-state index in [4.69, 9.17) is 4.74 Å². The Morgan fingerprint density at radius 1 is 1.24 bits per heavy atom. The van der Waals surface area contributed by atoms with Crippen molar-refractivity contribution in [3.8, 4) is 0 Å². The number of hydrogen-bond donors (Lipinski definition) is 1. The minimum atomic E-state index is 0.189. The Kier molecular flexibility index (Phi) is 5.44. The average molecular weight is 241 g/mol. The highest BCUT2D eigenvalue weighted by atomic mass is 16.5.